The van der Waals surface area contributed by atoms with Gasteiger partial charge in [0.25, 0.3) is 0 Å². The molecule has 1 atom stereocenters. The molecular formula is C16H17F2NO. The van der Waals surface area contributed by atoms with Crippen LogP contribution in [-0.4, -0.2) is 7.05 Å². The SMILES string of the molecule is CNC(C)c1cccc(OCc2cc(F)cc(F)c2)c1. The minimum Gasteiger partial charge on any atom is -0.489 e. The van der Waals surface area contributed by atoms with Crippen LogP contribution >= 0.6 is 0 Å². The summed E-state index contributed by atoms with van der Waals surface area (Å²) in [6.45, 7) is 2.17. The van der Waals surface area contributed by atoms with Crippen LogP contribution in [0.15, 0.2) is 42.5 Å². The van der Waals surface area contributed by atoms with Gasteiger partial charge in [0.1, 0.15) is 24.0 Å². The van der Waals surface area contributed by atoms with Crippen molar-refractivity contribution in [3.8, 4) is 5.75 Å². The van der Waals surface area contributed by atoms with Crippen LogP contribution in [0.3, 0.4) is 0 Å². The van der Waals surface area contributed by atoms with Crippen LogP contribution in [0.1, 0.15) is 24.1 Å². The van der Waals surface area contributed by atoms with Crippen LogP contribution in [-0.2, 0) is 6.61 Å². The molecule has 20 heavy (non-hydrogen) atoms. The lowest BCUT2D eigenvalue weighted by Gasteiger charge is -2.13. The lowest BCUT2D eigenvalue weighted by molar-refractivity contribution is 0.304. The molecule has 0 aliphatic rings. The molecule has 0 bridgehead atoms. The van der Waals surface area contributed by atoms with Gasteiger partial charge in [-0.25, -0.2) is 8.78 Å². The van der Waals surface area contributed by atoms with Crippen LogP contribution in [0.5, 0.6) is 5.75 Å². The molecule has 0 saturated heterocycles. The van der Waals surface area contributed by atoms with E-state index >= 15 is 0 Å². The molecule has 4 heteroatoms. The Hall–Kier alpha value is -1.94. The van der Waals surface area contributed by atoms with Crippen LogP contribution in [0.4, 0.5) is 8.78 Å². The molecule has 2 rings (SSSR count). The lowest BCUT2D eigenvalue weighted by atomic mass is 10.1. The molecule has 0 spiro atoms. The van der Waals surface area contributed by atoms with Gasteiger partial charge in [0.15, 0.2) is 0 Å². The van der Waals surface area contributed by atoms with Crippen molar-refractivity contribution in [2.45, 2.75) is 19.6 Å². The van der Waals surface area contributed by atoms with Gasteiger partial charge in [0.05, 0.1) is 0 Å². The first-order valence-corrected chi connectivity index (χ1v) is 6.43. The Kier molecular flexibility index (Phi) is 4.69. The fourth-order valence-electron chi connectivity index (χ4n) is 1.90. The largest absolute Gasteiger partial charge is 0.489 e. The van der Waals surface area contributed by atoms with Crippen LogP contribution < -0.4 is 10.1 Å². The van der Waals surface area contributed by atoms with Gasteiger partial charge >= 0.3 is 0 Å². The Morgan fingerprint density at radius 1 is 1.10 bits per heavy atom. The molecule has 2 aromatic carbocycles. The van der Waals surface area contributed by atoms with Gasteiger partial charge in [-0.1, -0.05) is 12.1 Å². The molecular weight excluding hydrogens is 260 g/mol. The van der Waals surface area contributed by atoms with Gasteiger partial charge in [-0.3, -0.25) is 0 Å². The normalized spacial score (nSPS) is 12.2. The summed E-state index contributed by atoms with van der Waals surface area (Å²) in [5.74, 6) is -0.517. The van der Waals surface area contributed by atoms with E-state index in [0.717, 1.165) is 11.6 Å². The minimum absolute atomic E-state index is 0.131. The van der Waals surface area contributed by atoms with Gasteiger partial charge in [-0.05, 0) is 49.4 Å². The first kappa shape index (κ1) is 14.5. The fourth-order valence-corrected chi connectivity index (χ4v) is 1.90. The van der Waals surface area contributed by atoms with Crippen molar-refractivity contribution in [3.63, 3.8) is 0 Å². The maximum Gasteiger partial charge on any atom is 0.126 e. The van der Waals surface area contributed by atoms with E-state index in [1.54, 1.807) is 0 Å². The summed E-state index contributed by atoms with van der Waals surface area (Å²) >= 11 is 0. The minimum atomic E-state index is -0.596. The molecule has 0 fully saturated rings. The van der Waals surface area contributed by atoms with Crippen molar-refractivity contribution in [1.29, 1.82) is 0 Å². The Morgan fingerprint density at radius 2 is 1.80 bits per heavy atom. The first-order valence-electron chi connectivity index (χ1n) is 6.43. The summed E-state index contributed by atoms with van der Waals surface area (Å²) in [7, 11) is 1.88. The Morgan fingerprint density at radius 3 is 2.45 bits per heavy atom. The van der Waals surface area contributed by atoms with Crippen molar-refractivity contribution in [2.24, 2.45) is 0 Å². The van der Waals surface area contributed by atoms with E-state index in [2.05, 4.69) is 5.32 Å². The molecule has 1 N–H and O–H groups in total. The highest BCUT2D eigenvalue weighted by Gasteiger charge is 2.05. The summed E-state index contributed by atoms with van der Waals surface area (Å²) in [6, 6.07) is 11.2. The zero-order chi connectivity index (χ0) is 14.5. The zero-order valence-corrected chi connectivity index (χ0v) is 11.5. The summed E-state index contributed by atoms with van der Waals surface area (Å²) in [5.41, 5.74) is 1.56. The zero-order valence-electron chi connectivity index (χ0n) is 11.5. The standard InChI is InChI=1S/C16H17F2NO/c1-11(19-2)13-4-3-5-16(8-13)20-10-12-6-14(17)9-15(18)7-12/h3-9,11,19H,10H2,1-2H3. The van der Waals surface area contributed by atoms with Gasteiger partial charge in [-0.2, -0.15) is 0 Å². The maximum absolute atomic E-state index is 13.1. The Balaban J connectivity index is 2.07. The molecule has 1 unspecified atom stereocenters. The number of hydrogen-bond acceptors (Lipinski definition) is 2. The molecule has 0 aromatic heterocycles. The fraction of sp³-hybridized carbons (Fsp3) is 0.250. The molecule has 0 heterocycles. The maximum atomic E-state index is 13.1. The third-order valence-corrected chi connectivity index (χ3v) is 3.12. The Labute approximate surface area is 117 Å². The summed E-state index contributed by atoms with van der Waals surface area (Å²) in [5, 5.41) is 3.14. The number of nitrogens with one attached hydrogen (secondary N) is 1. The smallest absolute Gasteiger partial charge is 0.126 e. The average molecular weight is 277 g/mol. The third kappa shape index (κ3) is 3.78. The summed E-state index contributed by atoms with van der Waals surface area (Å²) in [4.78, 5) is 0. The van der Waals surface area contributed by atoms with Gasteiger partial charge in [0, 0.05) is 12.1 Å². The van der Waals surface area contributed by atoms with Gasteiger partial charge < -0.3 is 10.1 Å². The van der Waals surface area contributed by atoms with Crippen molar-refractivity contribution in [1.82, 2.24) is 5.32 Å². The second-order valence-corrected chi connectivity index (χ2v) is 4.65. The van der Waals surface area contributed by atoms with E-state index in [4.69, 9.17) is 4.74 Å². The predicted molar refractivity (Wildman–Crippen MR) is 74.6 cm³/mol. The first-order chi connectivity index (χ1) is 9.58. The van der Waals surface area contributed by atoms with E-state index in [-0.39, 0.29) is 12.6 Å². The van der Waals surface area contributed by atoms with E-state index in [9.17, 15) is 8.78 Å². The molecule has 2 aromatic rings. The summed E-state index contributed by atoms with van der Waals surface area (Å²) < 4.78 is 31.7. The van der Waals surface area contributed by atoms with E-state index in [1.807, 2.05) is 38.2 Å². The summed E-state index contributed by atoms with van der Waals surface area (Å²) in [6.07, 6.45) is 0. The van der Waals surface area contributed by atoms with Gasteiger partial charge in [-0.15, -0.1) is 0 Å². The van der Waals surface area contributed by atoms with Crippen LogP contribution in [0.2, 0.25) is 0 Å². The van der Waals surface area contributed by atoms with Crippen molar-refractivity contribution in [2.75, 3.05) is 7.05 Å². The van der Waals surface area contributed by atoms with Crippen molar-refractivity contribution < 1.29 is 13.5 Å². The monoisotopic (exact) mass is 277 g/mol. The molecule has 0 aliphatic heterocycles. The quantitative estimate of drug-likeness (QED) is 0.897. The van der Waals surface area contributed by atoms with Crippen LogP contribution in [0.25, 0.3) is 0 Å². The number of benzene rings is 2. The van der Waals surface area contributed by atoms with Crippen molar-refractivity contribution in [3.05, 3.63) is 65.2 Å². The molecule has 0 saturated carbocycles. The number of halogens is 2. The second kappa shape index (κ2) is 6.48. The number of hydrogen-bond donors (Lipinski definition) is 1. The number of rotatable bonds is 5. The molecule has 106 valence electrons. The lowest BCUT2D eigenvalue weighted by Crippen LogP contribution is -2.12. The molecule has 2 nitrogen and oxygen atoms in total. The van der Waals surface area contributed by atoms with E-state index < -0.39 is 11.6 Å². The highest BCUT2D eigenvalue weighted by atomic mass is 19.1. The average Bonchev–Trinajstić information content (AvgIpc) is 2.43. The Bertz CT molecular complexity index is 566. The van der Waals surface area contributed by atoms with E-state index in [0.29, 0.717) is 11.3 Å². The predicted octanol–water partition coefficient (Wildman–Crippen LogP) is 3.82. The second-order valence-electron chi connectivity index (χ2n) is 4.65. The molecule has 0 radical (unpaired) electrons. The highest BCUT2D eigenvalue weighted by Crippen LogP contribution is 2.20. The molecule has 0 aliphatic carbocycles. The highest BCUT2D eigenvalue weighted by molar-refractivity contribution is 5.30. The number of ether oxygens (including phenoxy) is 1. The topological polar surface area (TPSA) is 21.3 Å². The van der Waals surface area contributed by atoms with Crippen molar-refractivity contribution >= 4 is 0 Å². The van der Waals surface area contributed by atoms with Gasteiger partial charge in [0.2, 0.25) is 0 Å². The third-order valence-electron chi connectivity index (χ3n) is 3.12. The van der Waals surface area contributed by atoms with Crippen LogP contribution in [0, 0.1) is 11.6 Å². The van der Waals surface area contributed by atoms with E-state index in [1.165, 1.54) is 12.1 Å². The molecule has 0 amide bonds.